The average Bonchev–Trinajstić information content (AvgIpc) is 3.27. The van der Waals surface area contributed by atoms with Crippen LogP contribution in [0.25, 0.3) is 0 Å². The Morgan fingerprint density at radius 2 is 2.00 bits per heavy atom. The third-order valence-corrected chi connectivity index (χ3v) is 4.21. The zero-order chi connectivity index (χ0) is 15.2. The van der Waals surface area contributed by atoms with E-state index in [1.54, 1.807) is 12.1 Å². The number of benzene rings is 1. The first-order valence-electron chi connectivity index (χ1n) is 8.33. The Bertz CT molecular complexity index is 429. The zero-order valence-electron chi connectivity index (χ0n) is 13.6. The van der Waals surface area contributed by atoms with Crippen LogP contribution in [-0.4, -0.2) is 30.6 Å². The summed E-state index contributed by atoms with van der Waals surface area (Å²) in [4.78, 5) is 2.56. The molecule has 0 bridgehead atoms. The maximum Gasteiger partial charge on any atom is 0.128 e. The molecule has 1 N–H and O–H groups in total. The van der Waals surface area contributed by atoms with E-state index in [0.717, 1.165) is 37.2 Å². The first-order chi connectivity index (χ1) is 10.1. The van der Waals surface area contributed by atoms with Crippen LogP contribution in [-0.2, 0) is 0 Å². The Kier molecular flexibility index (Phi) is 6.19. The van der Waals surface area contributed by atoms with E-state index >= 15 is 0 Å². The lowest BCUT2D eigenvalue weighted by molar-refractivity contribution is 0.220. The van der Waals surface area contributed by atoms with Crippen LogP contribution in [0.4, 0.5) is 4.39 Å². The van der Waals surface area contributed by atoms with Crippen molar-refractivity contribution in [2.45, 2.75) is 52.1 Å². The molecule has 0 amide bonds. The number of nitrogens with zero attached hydrogens (tertiary/aromatic N) is 1. The molecular weight excluding hydrogens is 263 g/mol. The summed E-state index contributed by atoms with van der Waals surface area (Å²) in [6.45, 7) is 9.52. The van der Waals surface area contributed by atoms with Gasteiger partial charge in [-0.05, 0) is 44.3 Å². The van der Waals surface area contributed by atoms with Crippen molar-refractivity contribution in [2.75, 3.05) is 19.6 Å². The summed E-state index contributed by atoms with van der Waals surface area (Å²) >= 11 is 0. The zero-order valence-corrected chi connectivity index (χ0v) is 13.6. The lowest BCUT2D eigenvalue weighted by Crippen LogP contribution is -2.38. The third kappa shape index (κ3) is 5.08. The number of rotatable bonds is 9. The molecule has 3 heteroatoms. The van der Waals surface area contributed by atoms with Crippen LogP contribution in [0.15, 0.2) is 24.3 Å². The Balaban J connectivity index is 2.04. The van der Waals surface area contributed by atoms with Crippen LogP contribution < -0.4 is 5.32 Å². The predicted octanol–water partition coefficient (Wildman–Crippen LogP) is 3.99. The molecule has 1 aliphatic rings. The lowest BCUT2D eigenvalue weighted by atomic mass is 10.0. The van der Waals surface area contributed by atoms with Crippen LogP contribution in [0.3, 0.4) is 0 Å². The fourth-order valence-corrected chi connectivity index (χ4v) is 2.80. The molecule has 0 heterocycles. The summed E-state index contributed by atoms with van der Waals surface area (Å²) in [5, 5.41) is 3.46. The molecule has 118 valence electrons. The molecule has 1 unspecified atom stereocenters. The molecule has 2 rings (SSSR count). The van der Waals surface area contributed by atoms with Crippen molar-refractivity contribution in [3.8, 4) is 0 Å². The monoisotopic (exact) mass is 292 g/mol. The van der Waals surface area contributed by atoms with E-state index in [1.165, 1.54) is 19.3 Å². The normalized spacial score (nSPS) is 16.7. The van der Waals surface area contributed by atoms with E-state index in [4.69, 9.17) is 0 Å². The van der Waals surface area contributed by atoms with Gasteiger partial charge in [-0.3, -0.25) is 4.90 Å². The SMILES string of the molecule is CCNC(CN(CCC(C)C)C1CC1)c1ccccc1F. The number of halogens is 1. The highest BCUT2D eigenvalue weighted by Crippen LogP contribution is 2.30. The minimum atomic E-state index is -0.0944. The fraction of sp³-hybridized carbons (Fsp3) is 0.667. The summed E-state index contributed by atoms with van der Waals surface area (Å²) in [7, 11) is 0. The summed E-state index contributed by atoms with van der Waals surface area (Å²) in [6, 6.07) is 7.98. The standard InChI is InChI=1S/C18H29FN2/c1-4-20-18(16-7-5-6-8-17(16)19)13-21(15-9-10-15)12-11-14(2)3/h5-8,14-15,18,20H,4,9-13H2,1-3H3. The van der Waals surface area contributed by atoms with E-state index < -0.39 is 0 Å². The van der Waals surface area contributed by atoms with Gasteiger partial charge in [0.1, 0.15) is 5.82 Å². The molecule has 0 aromatic heterocycles. The van der Waals surface area contributed by atoms with Crippen LogP contribution in [0.2, 0.25) is 0 Å². The number of likely N-dealkylation sites (N-methyl/N-ethyl adjacent to an activating group) is 1. The maximum atomic E-state index is 14.1. The average molecular weight is 292 g/mol. The van der Waals surface area contributed by atoms with Gasteiger partial charge in [-0.15, -0.1) is 0 Å². The summed E-state index contributed by atoms with van der Waals surface area (Å²) in [5.41, 5.74) is 0.801. The highest BCUT2D eigenvalue weighted by molar-refractivity contribution is 5.21. The molecular formula is C18H29FN2. The van der Waals surface area contributed by atoms with Gasteiger partial charge in [0.15, 0.2) is 0 Å². The Labute approximate surface area is 128 Å². The molecule has 1 aromatic carbocycles. The number of hydrogen-bond acceptors (Lipinski definition) is 2. The van der Waals surface area contributed by atoms with Crippen molar-refractivity contribution in [3.63, 3.8) is 0 Å². The van der Waals surface area contributed by atoms with Crippen molar-refractivity contribution in [1.29, 1.82) is 0 Å². The van der Waals surface area contributed by atoms with Gasteiger partial charge in [0, 0.05) is 24.2 Å². The van der Waals surface area contributed by atoms with Gasteiger partial charge in [-0.1, -0.05) is 39.0 Å². The van der Waals surface area contributed by atoms with E-state index in [-0.39, 0.29) is 11.9 Å². The smallest absolute Gasteiger partial charge is 0.128 e. The van der Waals surface area contributed by atoms with Gasteiger partial charge in [0.05, 0.1) is 0 Å². The van der Waals surface area contributed by atoms with Crippen LogP contribution in [0.5, 0.6) is 0 Å². The fourth-order valence-electron chi connectivity index (χ4n) is 2.80. The molecule has 1 saturated carbocycles. The summed E-state index contributed by atoms with van der Waals surface area (Å²) in [5.74, 6) is 0.625. The van der Waals surface area contributed by atoms with Crippen molar-refractivity contribution in [2.24, 2.45) is 5.92 Å². The second-order valence-electron chi connectivity index (χ2n) is 6.54. The van der Waals surface area contributed by atoms with Gasteiger partial charge in [-0.2, -0.15) is 0 Å². The molecule has 2 nitrogen and oxygen atoms in total. The third-order valence-electron chi connectivity index (χ3n) is 4.21. The van der Waals surface area contributed by atoms with Crippen LogP contribution >= 0.6 is 0 Å². The Morgan fingerprint density at radius 3 is 2.57 bits per heavy atom. The highest BCUT2D eigenvalue weighted by Gasteiger charge is 2.31. The molecule has 1 aliphatic carbocycles. The van der Waals surface area contributed by atoms with Gasteiger partial charge in [0.2, 0.25) is 0 Å². The molecule has 1 aromatic rings. The molecule has 0 spiro atoms. The van der Waals surface area contributed by atoms with Crippen LogP contribution in [0.1, 0.15) is 51.6 Å². The van der Waals surface area contributed by atoms with Crippen molar-refractivity contribution in [3.05, 3.63) is 35.6 Å². The Morgan fingerprint density at radius 1 is 1.29 bits per heavy atom. The second kappa shape index (κ2) is 7.90. The van der Waals surface area contributed by atoms with E-state index in [1.807, 2.05) is 12.1 Å². The van der Waals surface area contributed by atoms with Crippen LogP contribution in [0, 0.1) is 11.7 Å². The highest BCUT2D eigenvalue weighted by atomic mass is 19.1. The predicted molar refractivity (Wildman–Crippen MR) is 86.9 cm³/mol. The topological polar surface area (TPSA) is 15.3 Å². The largest absolute Gasteiger partial charge is 0.309 e. The molecule has 1 fully saturated rings. The number of nitrogens with one attached hydrogen (secondary N) is 1. The summed E-state index contributed by atoms with van der Waals surface area (Å²) < 4.78 is 14.1. The molecule has 0 radical (unpaired) electrons. The van der Waals surface area contributed by atoms with Gasteiger partial charge < -0.3 is 5.32 Å². The summed E-state index contributed by atoms with van der Waals surface area (Å²) in [6.07, 6.45) is 3.81. The number of hydrogen-bond donors (Lipinski definition) is 1. The minimum absolute atomic E-state index is 0.0870. The van der Waals surface area contributed by atoms with Gasteiger partial charge in [-0.25, -0.2) is 4.39 Å². The molecule has 0 aliphatic heterocycles. The van der Waals surface area contributed by atoms with Crippen molar-refractivity contribution < 1.29 is 4.39 Å². The van der Waals surface area contributed by atoms with E-state index in [2.05, 4.69) is 31.0 Å². The molecule has 21 heavy (non-hydrogen) atoms. The van der Waals surface area contributed by atoms with Crippen molar-refractivity contribution >= 4 is 0 Å². The second-order valence-corrected chi connectivity index (χ2v) is 6.54. The first kappa shape index (κ1) is 16.4. The van der Waals surface area contributed by atoms with E-state index in [0.29, 0.717) is 0 Å². The Hall–Kier alpha value is -0.930. The van der Waals surface area contributed by atoms with Gasteiger partial charge >= 0.3 is 0 Å². The quantitative estimate of drug-likeness (QED) is 0.740. The minimum Gasteiger partial charge on any atom is -0.309 e. The maximum absolute atomic E-state index is 14.1. The molecule has 1 atom stereocenters. The van der Waals surface area contributed by atoms with Crippen molar-refractivity contribution in [1.82, 2.24) is 10.2 Å². The molecule has 0 saturated heterocycles. The van der Waals surface area contributed by atoms with Gasteiger partial charge in [0.25, 0.3) is 0 Å². The lowest BCUT2D eigenvalue weighted by Gasteiger charge is -2.29. The first-order valence-corrected chi connectivity index (χ1v) is 8.33. The van der Waals surface area contributed by atoms with E-state index in [9.17, 15) is 4.39 Å².